The number of rotatable bonds is 4. The molecule has 1 rings (SSSR count). The van der Waals surface area contributed by atoms with Crippen LogP contribution in [0.3, 0.4) is 0 Å². The van der Waals surface area contributed by atoms with Crippen LogP contribution in [0.5, 0.6) is 0 Å². The van der Waals surface area contributed by atoms with Crippen LogP contribution in [0.25, 0.3) is 0 Å². The van der Waals surface area contributed by atoms with Crippen molar-refractivity contribution in [2.75, 3.05) is 31.1 Å². The van der Waals surface area contributed by atoms with Crippen LogP contribution in [0.4, 0.5) is 4.79 Å². The zero-order valence-corrected chi connectivity index (χ0v) is 11.0. The molecule has 0 saturated carbocycles. The van der Waals surface area contributed by atoms with Gasteiger partial charge in [0.05, 0.1) is 0 Å². The molecule has 7 nitrogen and oxygen atoms in total. The van der Waals surface area contributed by atoms with Gasteiger partial charge in [0.2, 0.25) is 5.91 Å². The highest BCUT2D eigenvalue weighted by molar-refractivity contribution is 7.99. The number of carboxylic acid groups (broad SMARTS) is 1. The van der Waals surface area contributed by atoms with Crippen LogP contribution < -0.4 is 10.6 Å². The van der Waals surface area contributed by atoms with Crippen molar-refractivity contribution in [1.29, 1.82) is 0 Å². The standard InChI is InChI=1S/C10H17N3O4S/c1-7(14)11-2-3-12-10(17)13-4-5-18-6-8(13)9(15)16/h8H,2-6H2,1H3,(H,11,14)(H,12,17)(H,15,16). The molecule has 0 aromatic heterocycles. The number of amides is 3. The van der Waals surface area contributed by atoms with Gasteiger partial charge in [-0.3, -0.25) is 4.79 Å². The van der Waals surface area contributed by atoms with E-state index in [2.05, 4.69) is 10.6 Å². The second kappa shape index (κ2) is 7.10. The molecule has 0 aliphatic carbocycles. The monoisotopic (exact) mass is 275 g/mol. The third-order valence-electron chi connectivity index (χ3n) is 2.45. The first-order valence-electron chi connectivity index (χ1n) is 5.62. The number of carbonyl (C=O) groups is 3. The molecule has 3 N–H and O–H groups in total. The largest absolute Gasteiger partial charge is 0.480 e. The van der Waals surface area contributed by atoms with Gasteiger partial charge in [-0.1, -0.05) is 0 Å². The van der Waals surface area contributed by atoms with Crippen molar-refractivity contribution in [3.63, 3.8) is 0 Å². The lowest BCUT2D eigenvalue weighted by atomic mass is 10.3. The van der Waals surface area contributed by atoms with Crippen molar-refractivity contribution in [1.82, 2.24) is 15.5 Å². The molecule has 0 radical (unpaired) electrons. The highest BCUT2D eigenvalue weighted by Gasteiger charge is 2.32. The van der Waals surface area contributed by atoms with Crippen LogP contribution in [0.2, 0.25) is 0 Å². The second-order valence-corrected chi connectivity index (χ2v) is 4.99. The maximum absolute atomic E-state index is 11.8. The zero-order valence-electron chi connectivity index (χ0n) is 10.1. The Morgan fingerprint density at radius 3 is 2.61 bits per heavy atom. The zero-order chi connectivity index (χ0) is 13.5. The highest BCUT2D eigenvalue weighted by atomic mass is 32.2. The molecule has 0 bridgehead atoms. The van der Waals surface area contributed by atoms with Crippen molar-refractivity contribution in [3.05, 3.63) is 0 Å². The molecule has 1 unspecified atom stereocenters. The van der Waals surface area contributed by atoms with E-state index < -0.39 is 18.0 Å². The molecule has 102 valence electrons. The second-order valence-electron chi connectivity index (χ2n) is 3.84. The SMILES string of the molecule is CC(=O)NCCNC(=O)N1CCSCC1C(=O)O. The Balaban J connectivity index is 2.38. The third-order valence-corrected chi connectivity index (χ3v) is 3.47. The van der Waals surface area contributed by atoms with Crippen molar-refractivity contribution < 1.29 is 19.5 Å². The van der Waals surface area contributed by atoms with Crippen LogP contribution in [0.1, 0.15) is 6.92 Å². The van der Waals surface area contributed by atoms with Gasteiger partial charge in [-0.2, -0.15) is 11.8 Å². The van der Waals surface area contributed by atoms with E-state index in [-0.39, 0.29) is 12.5 Å². The summed E-state index contributed by atoms with van der Waals surface area (Å²) in [4.78, 5) is 34.7. The molecular formula is C10H17N3O4S. The first-order chi connectivity index (χ1) is 8.52. The van der Waals surface area contributed by atoms with E-state index in [1.165, 1.54) is 23.6 Å². The fourth-order valence-electron chi connectivity index (χ4n) is 1.56. The van der Waals surface area contributed by atoms with Crippen LogP contribution in [0, 0.1) is 0 Å². The number of aliphatic carboxylic acids is 1. The summed E-state index contributed by atoms with van der Waals surface area (Å²) >= 11 is 1.53. The Bertz CT molecular complexity index is 337. The number of hydrogen-bond acceptors (Lipinski definition) is 4. The summed E-state index contributed by atoms with van der Waals surface area (Å²) in [7, 11) is 0. The Morgan fingerprint density at radius 1 is 1.33 bits per heavy atom. The molecule has 18 heavy (non-hydrogen) atoms. The molecule has 3 amide bonds. The molecule has 0 spiro atoms. The van der Waals surface area contributed by atoms with E-state index in [0.29, 0.717) is 18.8 Å². The summed E-state index contributed by atoms with van der Waals surface area (Å²) < 4.78 is 0. The average Bonchev–Trinajstić information content (AvgIpc) is 2.34. The summed E-state index contributed by atoms with van der Waals surface area (Å²) in [6.45, 7) is 2.44. The number of carbonyl (C=O) groups excluding carboxylic acids is 2. The highest BCUT2D eigenvalue weighted by Crippen LogP contribution is 2.16. The number of nitrogens with one attached hydrogen (secondary N) is 2. The Hall–Kier alpha value is -1.44. The van der Waals surface area contributed by atoms with Gasteiger partial charge in [0.25, 0.3) is 0 Å². The molecule has 8 heteroatoms. The van der Waals surface area contributed by atoms with E-state index in [1.807, 2.05) is 0 Å². The molecule has 0 aromatic rings. The number of hydrogen-bond donors (Lipinski definition) is 3. The summed E-state index contributed by atoms with van der Waals surface area (Å²) in [6.07, 6.45) is 0. The van der Waals surface area contributed by atoms with Crippen molar-refractivity contribution >= 4 is 29.7 Å². The molecule has 1 aliphatic heterocycles. The topological polar surface area (TPSA) is 98.7 Å². The van der Waals surface area contributed by atoms with Crippen molar-refractivity contribution in [3.8, 4) is 0 Å². The molecule has 1 atom stereocenters. The first kappa shape index (κ1) is 14.6. The average molecular weight is 275 g/mol. The lowest BCUT2D eigenvalue weighted by Crippen LogP contribution is -2.54. The van der Waals surface area contributed by atoms with Gasteiger partial charge in [0, 0.05) is 38.1 Å². The van der Waals surface area contributed by atoms with Crippen LogP contribution in [0.15, 0.2) is 0 Å². The van der Waals surface area contributed by atoms with Gasteiger partial charge in [0.1, 0.15) is 6.04 Å². The molecular weight excluding hydrogens is 258 g/mol. The van der Waals surface area contributed by atoms with Gasteiger partial charge in [0.15, 0.2) is 0 Å². The Morgan fingerprint density at radius 2 is 2.00 bits per heavy atom. The fraction of sp³-hybridized carbons (Fsp3) is 0.700. The minimum absolute atomic E-state index is 0.165. The van der Waals surface area contributed by atoms with Crippen LogP contribution in [-0.4, -0.2) is 65.1 Å². The van der Waals surface area contributed by atoms with E-state index in [1.54, 1.807) is 0 Å². The maximum atomic E-state index is 11.8. The number of carboxylic acids is 1. The predicted molar refractivity (Wildman–Crippen MR) is 67.5 cm³/mol. The van der Waals surface area contributed by atoms with E-state index in [9.17, 15) is 14.4 Å². The smallest absolute Gasteiger partial charge is 0.327 e. The molecule has 1 saturated heterocycles. The van der Waals surface area contributed by atoms with E-state index in [4.69, 9.17) is 5.11 Å². The lowest BCUT2D eigenvalue weighted by molar-refractivity contribution is -0.141. The minimum atomic E-state index is -0.987. The van der Waals surface area contributed by atoms with E-state index in [0.717, 1.165) is 5.75 Å². The third kappa shape index (κ3) is 4.44. The number of thioether (sulfide) groups is 1. The van der Waals surface area contributed by atoms with Gasteiger partial charge in [-0.15, -0.1) is 0 Å². The molecule has 1 fully saturated rings. The van der Waals surface area contributed by atoms with Gasteiger partial charge < -0.3 is 20.6 Å². The summed E-state index contributed by atoms with van der Waals surface area (Å²) in [6, 6.07) is -1.17. The van der Waals surface area contributed by atoms with Crippen molar-refractivity contribution in [2.24, 2.45) is 0 Å². The normalized spacial score (nSPS) is 19.2. The number of urea groups is 1. The molecule has 1 heterocycles. The van der Waals surface area contributed by atoms with Gasteiger partial charge in [-0.05, 0) is 0 Å². The fourth-order valence-corrected chi connectivity index (χ4v) is 2.60. The first-order valence-corrected chi connectivity index (χ1v) is 6.77. The van der Waals surface area contributed by atoms with Crippen molar-refractivity contribution in [2.45, 2.75) is 13.0 Å². The maximum Gasteiger partial charge on any atom is 0.327 e. The van der Waals surface area contributed by atoms with Crippen LogP contribution >= 0.6 is 11.8 Å². The number of nitrogens with zero attached hydrogens (tertiary/aromatic N) is 1. The quantitative estimate of drug-likeness (QED) is 0.591. The molecule has 1 aliphatic rings. The summed E-state index contributed by atoms with van der Waals surface area (Å²) in [5.41, 5.74) is 0. The van der Waals surface area contributed by atoms with E-state index >= 15 is 0 Å². The van der Waals surface area contributed by atoms with Gasteiger partial charge >= 0.3 is 12.0 Å². The minimum Gasteiger partial charge on any atom is -0.480 e. The van der Waals surface area contributed by atoms with Crippen LogP contribution in [-0.2, 0) is 9.59 Å². The summed E-state index contributed by atoms with van der Waals surface area (Å²) in [5.74, 6) is -0.00148. The summed E-state index contributed by atoms with van der Waals surface area (Å²) in [5, 5.41) is 14.1. The van der Waals surface area contributed by atoms with Gasteiger partial charge in [-0.25, -0.2) is 9.59 Å². The Labute approximate surface area is 109 Å². The molecule has 0 aromatic carbocycles. The predicted octanol–water partition coefficient (Wildman–Crippen LogP) is -0.666. The lowest BCUT2D eigenvalue weighted by Gasteiger charge is -2.32. The Kier molecular flexibility index (Phi) is 5.76.